The molecule has 0 bridgehead atoms. The van der Waals surface area contributed by atoms with E-state index in [1.165, 1.54) is 0 Å². The Labute approximate surface area is 159 Å². The van der Waals surface area contributed by atoms with Gasteiger partial charge in [-0.2, -0.15) is 0 Å². The summed E-state index contributed by atoms with van der Waals surface area (Å²) in [6.45, 7) is 5.66. The Hall–Kier alpha value is -1.89. The Balaban J connectivity index is 1.88. The zero-order valence-electron chi connectivity index (χ0n) is 15.0. The van der Waals surface area contributed by atoms with Crippen LogP contribution in [0.2, 0.25) is 5.02 Å². The van der Waals surface area contributed by atoms with Crippen LogP contribution in [0.5, 0.6) is 0 Å². The van der Waals surface area contributed by atoms with Crippen molar-refractivity contribution in [2.45, 2.75) is 38.1 Å². The molecule has 7 heteroatoms. The third-order valence-electron chi connectivity index (χ3n) is 4.16. The van der Waals surface area contributed by atoms with Gasteiger partial charge in [-0.3, -0.25) is 4.79 Å². The zero-order valence-corrected chi connectivity index (χ0v) is 16.6. The minimum absolute atomic E-state index is 0.0311. The van der Waals surface area contributed by atoms with Crippen molar-refractivity contribution in [3.05, 3.63) is 64.2 Å². The fraction of sp³-hybridized carbons (Fsp3) is 0.316. The van der Waals surface area contributed by atoms with E-state index in [9.17, 15) is 13.2 Å². The summed E-state index contributed by atoms with van der Waals surface area (Å²) in [6.07, 6.45) is 0.0506. The van der Waals surface area contributed by atoms with Gasteiger partial charge in [0.25, 0.3) is 0 Å². The normalized spacial score (nSPS) is 12.6. The van der Waals surface area contributed by atoms with Gasteiger partial charge in [0.2, 0.25) is 15.9 Å². The molecule has 1 amide bonds. The Morgan fingerprint density at radius 2 is 1.85 bits per heavy atom. The molecule has 26 heavy (non-hydrogen) atoms. The molecule has 0 aliphatic heterocycles. The van der Waals surface area contributed by atoms with Gasteiger partial charge in [0.05, 0.1) is 10.9 Å². The molecule has 0 saturated heterocycles. The number of nitrogens with one attached hydrogen (secondary N) is 2. The number of carbonyl (C=O) groups excluding carboxylic acids is 1. The van der Waals surface area contributed by atoms with Crippen LogP contribution in [0, 0.1) is 13.8 Å². The molecule has 0 unspecified atom stereocenters. The summed E-state index contributed by atoms with van der Waals surface area (Å²) in [5.41, 5.74) is 2.82. The molecule has 0 saturated carbocycles. The molecule has 0 heterocycles. The number of rotatable bonds is 7. The van der Waals surface area contributed by atoms with Gasteiger partial charge in [-0.05, 0) is 61.7 Å². The Kier molecular flexibility index (Phi) is 6.81. The molecule has 0 aliphatic carbocycles. The van der Waals surface area contributed by atoms with Crippen LogP contribution in [0.25, 0.3) is 0 Å². The third kappa shape index (κ3) is 5.56. The van der Waals surface area contributed by atoms with E-state index in [0.29, 0.717) is 5.02 Å². The van der Waals surface area contributed by atoms with Crippen LogP contribution < -0.4 is 10.0 Å². The molecule has 140 valence electrons. The summed E-state index contributed by atoms with van der Waals surface area (Å²) < 4.78 is 27.1. The van der Waals surface area contributed by atoms with Crippen molar-refractivity contribution in [3.63, 3.8) is 0 Å². The molecule has 0 aliphatic rings. The fourth-order valence-electron chi connectivity index (χ4n) is 2.44. The van der Waals surface area contributed by atoms with Crippen molar-refractivity contribution >= 4 is 27.5 Å². The Morgan fingerprint density at radius 1 is 1.12 bits per heavy atom. The highest BCUT2D eigenvalue weighted by Gasteiger charge is 2.16. The quantitative estimate of drug-likeness (QED) is 0.754. The topological polar surface area (TPSA) is 75.3 Å². The first-order chi connectivity index (χ1) is 12.2. The van der Waals surface area contributed by atoms with Gasteiger partial charge in [-0.1, -0.05) is 29.8 Å². The number of aryl methyl sites for hydroxylation is 2. The van der Waals surface area contributed by atoms with Crippen molar-refractivity contribution in [1.29, 1.82) is 0 Å². The van der Waals surface area contributed by atoms with Gasteiger partial charge in [0.15, 0.2) is 0 Å². The summed E-state index contributed by atoms with van der Waals surface area (Å²) >= 11 is 5.95. The summed E-state index contributed by atoms with van der Waals surface area (Å²) in [4.78, 5) is 12.3. The van der Waals surface area contributed by atoms with Gasteiger partial charge in [-0.15, -0.1) is 0 Å². The number of amides is 1. The molecular formula is C19H23ClN2O3S. The lowest BCUT2D eigenvalue weighted by Gasteiger charge is -2.15. The van der Waals surface area contributed by atoms with Crippen molar-refractivity contribution in [1.82, 2.24) is 10.0 Å². The molecular weight excluding hydrogens is 372 g/mol. The van der Waals surface area contributed by atoms with Crippen LogP contribution in [0.1, 0.15) is 36.1 Å². The van der Waals surface area contributed by atoms with E-state index in [2.05, 4.69) is 10.0 Å². The molecule has 2 aromatic rings. The van der Waals surface area contributed by atoms with Gasteiger partial charge in [0.1, 0.15) is 0 Å². The number of halogens is 1. The highest BCUT2D eigenvalue weighted by atomic mass is 35.5. The Morgan fingerprint density at radius 3 is 2.50 bits per heavy atom. The SMILES string of the molecule is Cc1ccc(S(=O)(=O)NCCC(=O)N[C@H](C)c2cccc(Cl)c2)cc1C. The highest BCUT2D eigenvalue weighted by molar-refractivity contribution is 7.89. The van der Waals surface area contributed by atoms with Gasteiger partial charge in [0, 0.05) is 18.0 Å². The number of sulfonamides is 1. The monoisotopic (exact) mass is 394 g/mol. The number of hydrogen-bond acceptors (Lipinski definition) is 3. The van der Waals surface area contributed by atoms with Crippen LogP contribution in [0.4, 0.5) is 0 Å². The smallest absolute Gasteiger partial charge is 0.240 e. The van der Waals surface area contributed by atoms with Gasteiger partial charge in [-0.25, -0.2) is 13.1 Å². The summed E-state index contributed by atoms with van der Waals surface area (Å²) in [7, 11) is -3.63. The zero-order chi connectivity index (χ0) is 19.3. The van der Waals surface area contributed by atoms with Crippen molar-refractivity contribution in [3.8, 4) is 0 Å². The van der Waals surface area contributed by atoms with Crippen LogP contribution in [0.15, 0.2) is 47.4 Å². The maximum Gasteiger partial charge on any atom is 0.240 e. The summed E-state index contributed by atoms with van der Waals surface area (Å²) in [6, 6.07) is 12.0. The first-order valence-corrected chi connectivity index (χ1v) is 10.2. The van der Waals surface area contributed by atoms with E-state index in [4.69, 9.17) is 11.6 Å². The minimum atomic E-state index is -3.63. The van der Waals surface area contributed by atoms with Crippen LogP contribution in [-0.4, -0.2) is 20.9 Å². The average molecular weight is 395 g/mol. The fourth-order valence-corrected chi connectivity index (χ4v) is 3.75. The van der Waals surface area contributed by atoms with Crippen LogP contribution >= 0.6 is 11.6 Å². The maximum atomic E-state index is 12.3. The molecule has 5 nitrogen and oxygen atoms in total. The van der Waals surface area contributed by atoms with E-state index < -0.39 is 10.0 Å². The first kappa shape index (κ1) is 20.4. The number of hydrogen-bond donors (Lipinski definition) is 2. The van der Waals surface area contributed by atoms with Gasteiger partial charge >= 0.3 is 0 Å². The highest BCUT2D eigenvalue weighted by Crippen LogP contribution is 2.17. The lowest BCUT2D eigenvalue weighted by molar-refractivity contribution is -0.121. The second kappa shape index (κ2) is 8.66. The summed E-state index contributed by atoms with van der Waals surface area (Å²) in [5, 5.41) is 3.44. The van der Waals surface area contributed by atoms with Crippen LogP contribution in [-0.2, 0) is 14.8 Å². The first-order valence-electron chi connectivity index (χ1n) is 8.31. The third-order valence-corrected chi connectivity index (χ3v) is 5.85. The minimum Gasteiger partial charge on any atom is -0.350 e. The van der Waals surface area contributed by atoms with E-state index >= 15 is 0 Å². The van der Waals surface area contributed by atoms with E-state index in [0.717, 1.165) is 16.7 Å². The van der Waals surface area contributed by atoms with E-state index in [1.807, 2.05) is 32.9 Å². The molecule has 1 atom stereocenters. The van der Waals surface area contributed by atoms with E-state index in [1.54, 1.807) is 30.3 Å². The number of carbonyl (C=O) groups is 1. The molecule has 0 radical (unpaired) electrons. The summed E-state index contributed by atoms with van der Waals surface area (Å²) in [5.74, 6) is -0.236. The predicted molar refractivity (Wildman–Crippen MR) is 104 cm³/mol. The standard InChI is InChI=1S/C19H23ClN2O3S/c1-13-7-8-18(11-14(13)2)26(24,25)21-10-9-19(23)22-15(3)16-5-4-6-17(20)12-16/h4-8,11-12,15,21H,9-10H2,1-3H3,(H,22,23)/t15-/m1/s1. The largest absolute Gasteiger partial charge is 0.350 e. The average Bonchev–Trinajstić information content (AvgIpc) is 2.57. The van der Waals surface area contributed by atoms with E-state index in [-0.39, 0.29) is 29.8 Å². The molecule has 2 N–H and O–H groups in total. The lowest BCUT2D eigenvalue weighted by Crippen LogP contribution is -2.32. The van der Waals surface area contributed by atoms with Crippen LogP contribution in [0.3, 0.4) is 0 Å². The molecule has 0 spiro atoms. The lowest BCUT2D eigenvalue weighted by atomic mass is 10.1. The molecule has 2 rings (SSSR count). The molecule has 0 fully saturated rings. The van der Waals surface area contributed by atoms with Crippen molar-refractivity contribution in [2.24, 2.45) is 0 Å². The number of benzene rings is 2. The predicted octanol–water partition coefficient (Wildman–Crippen LogP) is 3.50. The Bertz CT molecular complexity index is 897. The molecule has 0 aromatic heterocycles. The van der Waals surface area contributed by atoms with Crippen molar-refractivity contribution < 1.29 is 13.2 Å². The molecule has 2 aromatic carbocycles. The van der Waals surface area contributed by atoms with Gasteiger partial charge < -0.3 is 5.32 Å². The maximum absolute atomic E-state index is 12.3. The van der Waals surface area contributed by atoms with Crippen molar-refractivity contribution in [2.75, 3.05) is 6.54 Å². The second-order valence-corrected chi connectivity index (χ2v) is 8.44. The second-order valence-electron chi connectivity index (χ2n) is 6.24.